The summed E-state index contributed by atoms with van der Waals surface area (Å²) in [7, 11) is 0. The molecule has 2 unspecified atom stereocenters. The first-order chi connectivity index (χ1) is 15.8. The standard InChI is InChI=1S/C23H20F3N5O2/c24-23(25,26)33-19-5-1-14(2-6-19)3-8-21(32)29-16-4-7-20-15(9-16)11-28-22(30-20)31-13-17-10-18(31)12-27-17/h1-9,11,17-18,27H,10,12-13H2,(H,29,32). The fourth-order valence-corrected chi connectivity index (χ4v) is 4.18. The quantitative estimate of drug-likeness (QED) is 0.571. The third kappa shape index (κ3) is 4.90. The summed E-state index contributed by atoms with van der Waals surface area (Å²) in [6, 6.07) is 11.6. The molecule has 2 aliphatic rings. The van der Waals surface area contributed by atoms with Crippen LogP contribution in [-0.2, 0) is 4.79 Å². The lowest BCUT2D eigenvalue weighted by molar-refractivity contribution is -0.274. The van der Waals surface area contributed by atoms with E-state index in [0.29, 0.717) is 23.3 Å². The van der Waals surface area contributed by atoms with Crippen molar-refractivity contribution in [2.45, 2.75) is 24.9 Å². The normalized spacial score (nSPS) is 20.0. The Kier molecular flexibility index (Phi) is 5.37. The van der Waals surface area contributed by atoms with Crippen LogP contribution in [0, 0.1) is 0 Å². The number of halogens is 3. The minimum atomic E-state index is -4.74. The van der Waals surface area contributed by atoms with Crippen LogP contribution < -0.4 is 20.3 Å². The number of nitrogens with zero attached hydrogens (tertiary/aromatic N) is 3. The van der Waals surface area contributed by atoms with Gasteiger partial charge in [-0.1, -0.05) is 12.1 Å². The van der Waals surface area contributed by atoms with Gasteiger partial charge in [0.05, 0.1) is 5.52 Å². The predicted octanol–water partition coefficient (Wildman–Crippen LogP) is 3.73. The number of benzene rings is 2. The van der Waals surface area contributed by atoms with Gasteiger partial charge in [0.25, 0.3) is 0 Å². The van der Waals surface area contributed by atoms with Gasteiger partial charge in [0.1, 0.15) is 5.75 Å². The Balaban J connectivity index is 1.22. The SMILES string of the molecule is O=C(C=Cc1ccc(OC(F)(F)F)cc1)Nc1ccc2nc(N3CC4CC3CN4)ncc2c1. The Morgan fingerprint density at radius 3 is 2.73 bits per heavy atom. The van der Waals surface area contributed by atoms with E-state index in [1.54, 1.807) is 18.3 Å². The van der Waals surface area contributed by atoms with E-state index in [-0.39, 0.29) is 11.7 Å². The Hall–Kier alpha value is -3.66. The number of piperazine rings is 1. The molecule has 2 N–H and O–H groups in total. The van der Waals surface area contributed by atoms with Gasteiger partial charge in [-0.2, -0.15) is 0 Å². The van der Waals surface area contributed by atoms with Gasteiger partial charge in [0.2, 0.25) is 11.9 Å². The number of amides is 1. The molecule has 33 heavy (non-hydrogen) atoms. The molecule has 10 heteroatoms. The van der Waals surface area contributed by atoms with Crippen molar-refractivity contribution in [3.63, 3.8) is 0 Å². The van der Waals surface area contributed by atoms with E-state index in [2.05, 4.69) is 30.2 Å². The minimum Gasteiger partial charge on any atom is -0.406 e. The van der Waals surface area contributed by atoms with Gasteiger partial charge < -0.3 is 20.3 Å². The maximum absolute atomic E-state index is 12.3. The van der Waals surface area contributed by atoms with E-state index < -0.39 is 6.36 Å². The first-order valence-corrected chi connectivity index (χ1v) is 10.4. The highest BCUT2D eigenvalue weighted by molar-refractivity contribution is 6.02. The van der Waals surface area contributed by atoms with E-state index >= 15 is 0 Å². The van der Waals surface area contributed by atoms with Crippen molar-refractivity contribution in [3.05, 3.63) is 60.3 Å². The lowest BCUT2D eigenvalue weighted by atomic mass is 10.2. The molecule has 170 valence electrons. The maximum Gasteiger partial charge on any atom is 0.573 e. The van der Waals surface area contributed by atoms with Gasteiger partial charge in [-0.05, 0) is 48.4 Å². The zero-order valence-corrected chi connectivity index (χ0v) is 17.3. The minimum absolute atomic E-state index is 0.320. The number of rotatable bonds is 5. The molecule has 0 spiro atoms. The molecule has 2 aromatic carbocycles. The molecular formula is C23H20F3N5O2. The largest absolute Gasteiger partial charge is 0.573 e. The lowest BCUT2D eigenvalue weighted by Crippen LogP contribution is -2.44. The Bertz CT molecular complexity index is 1210. The Labute approximate surface area is 187 Å². The second kappa shape index (κ2) is 8.36. The highest BCUT2D eigenvalue weighted by atomic mass is 19.4. The molecule has 3 heterocycles. The summed E-state index contributed by atoms with van der Waals surface area (Å²) in [6.07, 6.45) is 0.940. The molecule has 0 saturated carbocycles. The topological polar surface area (TPSA) is 79.4 Å². The molecule has 2 aliphatic heterocycles. The Morgan fingerprint density at radius 2 is 2.03 bits per heavy atom. The van der Waals surface area contributed by atoms with Gasteiger partial charge in [-0.15, -0.1) is 13.2 Å². The second-order valence-electron chi connectivity index (χ2n) is 8.03. The molecule has 1 amide bonds. The number of aromatic nitrogens is 2. The van der Waals surface area contributed by atoms with Crippen LogP contribution in [-0.4, -0.2) is 47.4 Å². The predicted molar refractivity (Wildman–Crippen MR) is 118 cm³/mol. The number of anilines is 2. The van der Waals surface area contributed by atoms with Crippen molar-refractivity contribution in [3.8, 4) is 5.75 Å². The number of nitrogens with one attached hydrogen (secondary N) is 2. The van der Waals surface area contributed by atoms with Crippen molar-refractivity contribution in [2.24, 2.45) is 0 Å². The maximum atomic E-state index is 12.3. The number of alkyl halides is 3. The first-order valence-electron chi connectivity index (χ1n) is 10.4. The van der Waals surface area contributed by atoms with Crippen LogP contribution in [0.5, 0.6) is 5.75 Å². The highest BCUT2D eigenvalue weighted by Crippen LogP contribution is 2.28. The molecule has 2 fully saturated rings. The summed E-state index contributed by atoms with van der Waals surface area (Å²) in [4.78, 5) is 23.7. The lowest BCUT2D eigenvalue weighted by Gasteiger charge is -2.27. The third-order valence-electron chi connectivity index (χ3n) is 5.69. The molecule has 0 radical (unpaired) electrons. The van der Waals surface area contributed by atoms with Gasteiger partial charge in [0.15, 0.2) is 0 Å². The smallest absolute Gasteiger partial charge is 0.406 e. The monoisotopic (exact) mass is 455 g/mol. The van der Waals surface area contributed by atoms with E-state index in [0.717, 1.165) is 36.4 Å². The van der Waals surface area contributed by atoms with Crippen LogP contribution in [0.3, 0.4) is 0 Å². The van der Waals surface area contributed by atoms with Crippen molar-refractivity contribution >= 4 is 34.5 Å². The third-order valence-corrected chi connectivity index (χ3v) is 5.69. The van der Waals surface area contributed by atoms with Crippen molar-refractivity contribution < 1.29 is 22.7 Å². The molecule has 2 atom stereocenters. The van der Waals surface area contributed by atoms with E-state index in [1.807, 2.05) is 6.07 Å². The number of carbonyl (C=O) groups excluding carboxylic acids is 1. The molecule has 5 rings (SSSR count). The average Bonchev–Trinajstić information content (AvgIpc) is 3.41. The fraction of sp³-hybridized carbons (Fsp3) is 0.261. The number of hydrogen-bond donors (Lipinski definition) is 2. The van der Waals surface area contributed by atoms with E-state index in [9.17, 15) is 18.0 Å². The molecule has 3 aromatic rings. The molecule has 1 aromatic heterocycles. The number of hydrogen-bond acceptors (Lipinski definition) is 6. The first kappa shape index (κ1) is 21.2. The summed E-state index contributed by atoms with van der Waals surface area (Å²) in [5.74, 6) is 0.0329. The molecule has 2 saturated heterocycles. The van der Waals surface area contributed by atoms with Crippen LogP contribution in [0.2, 0.25) is 0 Å². The van der Waals surface area contributed by atoms with Gasteiger partial charge >= 0.3 is 6.36 Å². The van der Waals surface area contributed by atoms with Crippen LogP contribution in [0.4, 0.5) is 24.8 Å². The van der Waals surface area contributed by atoms with Crippen LogP contribution in [0.1, 0.15) is 12.0 Å². The summed E-state index contributed by atoms with van der Waals surface area (Å²) < 4.78 is 40.5. The summed E-state index contributed by atoms with van der Waals surface area (Å²) >= 11 is 0. The van der Waals surface area contributed by atoms with Crippen molar-refractivity contribution in [2.75, 3.05) is 23.3 Å². The fourth-order valence-electron chi connectivity index (χ4n) is 4.18. The molecule has 2 bridgehead atoms. The van der Waals surface area contributed by atoms with Gasteiger partial charge in [-0.3, -0.25) is 4.79 Å². The number of fused-ring (bicyclic) bond motifs is 3. The van der Waals surface area contributed by atoms with Crippen LogP contribution in [0.15, 0.2) is 54.7 Å². The summed E-state index contributed by atoms with van der Waals surface area (Å²) in [5.41, 5.74) is 1.95. The number of carbonyl (C=O) groups is 1. The zero-order valence-electron chi connectivity index (χ0n) is 17.3. The van der Waals surface area contributed by atoms with Gasteiger partial charge in [-0.25, -0.2) is 9.97 Å². The van der Waals surface area contributed by atoms with E-state index in [4.69, 9.17) is 0 Å². The van der Waals surface area contributed by atoms with Gasteiger partial charge in [0, 0.05) is 48.5 Å². The van der Waals surface area contributed by atoms with Crippen LogP contribution in [0.25, 0.3) is 17.0 Å². The Morgan fingerprint density at radius 1 is 1.21 bits per heavy atom. The highest BCUT2D eigenvalue weighted by Gasteiger charge is 2.38. The van der Waals surface area contributed by atoms with E-state index in [1.165, 1.54) is 36.4 Å². The van der Waals surface area contributed by atoms with Crippen LogP contribution >= 0.6 is 0 Å². The van der Waals surface area contributed by atoms with Crippen molar-refractivity contribution in [1.29, 1.82) is 0 Å². The average molecular weight is 455 g/mol. The molecule has 0 aliphatic carbocycles. The number of ether oxygens (including phenoxy) is 1. The zero-order chi connectivity index (χ0) is 23.0. The second-order valence-corrected chi connectivity index (χ2v) is 8.03. The molecule has 7 nitrogen and oxygen atoms in total. The summed E-state index contributed by atoms with van der Waals surface area (Å²) in [5, 5.41) is 7.03. The summed E-state index contributed by atoms with van der Waals surface area (Å²) in [6.45, 7) is 1.87. The van der Waals surface area contributed by atoms with Crippen molar-refractivity contribution in [1.82, 2.24) is 15.3 Å². The molecular weight excluding hydrogens is 435 g/mol.